The molecule has 0 unspecified atom stereocenters. The van der Waals surface area contributed by atoms with Gasteiger partial charge in [0.05, 0.1) is 6.61 Å². The Morgan fingerprint density at radius 1 is 1.40 bits per heavy atom. The first-order valence-corrected chi connectivity index (χ1v) is 3.19. The van der Waals surface area contributed by atoms with Crippen LogP contribution in [0.15, 0.2) is 0 Å². The summed E-state index contributed by atoms with van der Waals surface area (Å²) in [4.78, 5) is 9.66. The second-order valence-corrected chi connectivity index (χ2v) is 1.65. The molecule has 0 aromatic rings. The van der Waals surface area contributed by atoms with E-state index in [9.17, 15) is 9.90 Å². The van der Waals surface area contributed by atoms with Gasteiger partial charge in [0.1, 0.15) is 0 Å². The molecule has 10 heavy (non-hydrogen) atoms. The Kier molecular flexibility index (Phi) is 5.86. The molecule has 0 aliphatic rings. The fourth-order valence-electron chi connectivity index (χ4n) is 0.461. The van der Waals surface area contributed by atoms with Crippen molar-refractivity contribution in [1.82, 2.24) is 0 Å². The van der Waals surface area contributed by atoms with Crippen LogP contribution in [0.5, 0.6) is 0 Å². The highest BCUT2D eigenvalue weighted by Crippen LogP contribution is 1.85. The van der Waals surface area contributed by atoms with E-state index in [1.54, 1.807) is 0 Å². The zero-order valence-electron chi connectivity index (χ0n) is 5.96. The highest BCUT2D eigenvalue weighted by molar-refractivity contribution is 5.56. The Morgan fingerprint density at radius 2 is 2.10 bits per heavy atom. The van der Waals surface area contributed by atoms with Crippen molar-refractivity contribution in [2.24, 2.45) is 0 Å². The molecule has 4 heteroatoms. The van der Waals surface area contributed by atoms with E-state index in [4.69, 9.17) is 4.74 Å². The first-order chi connectivity index (χ1) is 4.77. The van der Waals surface area contributed by atoms with Crippen LogP contribution in [0.3, 0.4) is 0 Å². The Labute approximate surface area is 59.7 Å². The minimum Gasteiger partial charge on any atom is -0.432 e. The van der Waals surface area contributed by atoms with E-state index in [0.717, 1.165) is 0 Å². The van der Waals surface area contributed by atoms with Gasteiger partial charge in [-0.05, 0) is 6.92 Å². The molecule has 0 heterocycles. The smallest absolute Gasteiger partial charge is 0.432 e. The molecule has 1 radical (unpaired) electrons. The molecule has 59 valence electrons. The van der Waals surface area contributed by atoms with Gasteiger partial charge in [-0.15, -0.1) is 0 Å². The van der Waals surface area contributed by atoms with Crippen LogP contribution >= 0.6 is 0 Å². The van der Waals surface area contributed by atoms with Gasteiger partial charge in [0.15, 0.2) is 0 Å². The zero-order valence-corrected chi connectivity index (χ0v) is 5.96. The number of rotatable bonds is 5. The summed E-state index contributed by atoms with van der Waals surface area (Å²) in [6, 6.07) is 0. The molecule has 0 amide bonds. The van der Waals surface area contributed by atoms with Crippen molar-refractivity contribution in [3.05, 3.63) is 0 Å². The highest BCUT2D eigenvalue weighted by Gasteiger charge is 1.96. The van der Waals surface area contributed by atoms with Crippen LogP contribution in [0.1, 0.15) is 13.3 Å². The van der Waals surface area contributed by atoms with E-state index in [0.29, 0.717) is 19.6 Å². The Bertz CT molecular complexity index is 91.7. The largest absolute Gasteiger partial charge is 0.549 e. The molecule has 4 nitrogen and oxygen atoms in total. The minimum atomic E-state index is -1.48. The second kappa shape index (κ2) is 6.35. The Hall–Kier alpha value is -0.770. The summed E-state index contributed by atoms with van der Waals surface area (Å²) in [6.45, 7) is 3.21. The van der Waals surface area contributed by atoms with Crippen molar-refractivity contribution >= 4 is 6.16 Å². The third-order valence-electron chi connectivity index (χ3n) is 0.857. The number of hydrogen-bond donors (Lipinski definition) is 0. The van der Waals surface area contributed by atoms with Gasteiger partial charge in [-0.1, -0.05) is 0 Å². The normalized spacial score (nSPS) is 9.30. The summed E-state index contributed by atoms with van der Waals surface area (Å²) in [6.07, 6.45) is -0.890. The maximum atomic E-state index is 9.66. The van der Waals surface area contributed by atoms with E-state index in [-0.39, 0.29) is 6.61 Å². The quantitative estimate of drug-likeness (QED) is 0.430. The fraction of sp³-hybridized carbons (Fsp3) is 0.833. The lowest BCUT2D eigenvalue weighted by molar-refractivity contribution is 0.0564. The Morgan fingerprint density at radius 3 is 2.60 bits per heavy atom. The van der Waals surface area contributed by atoms with Gasteiger partial charge >= 0.3 is 6.16 Å². The number of hydrogen-bond acceptors (Lipinski definition) is 3. The molecule has 0 aliphatic carbocycles. The summed E-state index contributed by atoms with van der Waals surface area (Å²) >= 11 is 0. The summed E-state index contributed by atoms with van der Waals surface area (Å²) in [7, 11) is 0. The van der Waals surface area contributed by atoms with E-state index in [2.05, 4.69) is 4.74 Å². The maximum Gasteiger partial charge on any atom is 0.549 e. The summed E-state index contributed by atoms with van der Waals surface area (Å²) in [5.41, 5.74) is 0. The van der Waals surface area contributed by atoms with Crippen LogP contribution in [-0.2, 0) is 14.6 Å². The predicted octanol–water partition coefficient (Wildman–Crippen LogP) is 0.980. The van der Waals surface area contributed by atoms with Gasteiger partial charge in [-0.25, -0.2) is 0 Å². The van der Waals surface area contributed by atoms with Crippen molar-refractivity contribution in [3.8, 4) is 0 Å². The lowest BCUT2D eigenvalue weighted by atomic mass is 10.5. The van der Waals surface area contributed by atoms with Gasteiger partial charge in [0.2, 0.25) is 0 Å². The molecule has 0 saturated heterocycles. The molecule has 0 fully saturated rings. The molecule has 0 atom stereocenters. The van der Waals surface area contributed by atoms with Crippen molar-refractivity contribution in [2.75, 3.05) is 19.8 Å². The third-order valence-corrected chi connectivity index (χ3v) is 0.857. The number of carbonyl (C=O) groups excluding carboxylic acids is 1. The van der Waals surface area contributed by atoms with E-state index in [1.807, 2.05) is 6.92 Å². The van der Waals surface area contributed by atoms with Crippen LogP contribution in [0.4, 0.5) is 4.79 Å². The molecule has 0 N–H and O–H groups in total. The van der Waals surface area contributed by atoms with Gasteiger partial charge in [0.25, 0.3) is 0 Å². The topological polar surface area (TPSA) is 55.4 Å². The first kappa shape index (κ1) is 9.23. The Balaban J connectivity index is 2.84. The molecule has 0 spiro atoms. The monoisotopic (exact) mass is 147 g/mol. The number of carbonyl (C=O) groups is 1. The summed E-state index contributed by atoms with van der Waals surface area (Å²) < 4.78 is 9.04. The first-order valence-electron chi connectivity index (χ1n) is 3.19. The maximum absolute atomic E-state index is 9.66. The average Bonchev–Trinajstić information content (AvgIpc) is 1.87. The molecule has 0 bridgehead atoms. The summed E-state index contributed by atoms with van der Waals surface area (Å²) in [5, 5.41) is 9.66. The average molecular weight is 147 g/mol. The molecular formula is C6H11O4. The SMILES string of the molecule is CCOCCCOC([O])=O. The molecule has 0 rings (SSSR count). The standard InChI is InChI=1S/C6H11O4/c1-2-9-4-3-5-10-6(7)8/h2-5H2,1H3. The van der Waals surface area contributed by atoms with Crippen LogP contribution in [0.25, 0.3) is 0 Å². The zero-order chi connectivity index (χ0) is 7.82. The van der Waals surface area contributed by atoms with Gasteiger partial charge in [-0.3, -0.25) is 0 Å². The second-order valence-electron chi connectivity index (χ2n) is 1.65. The summed E-state index contributed by atoms with van der Waals surface area (Å²) in [5.74, 6) is 0. The lowest BCUT2D eigenvalue weighted by Gasteiger charge is -1.98. The van der Waals surface area contributed by atoms with E-state index in [1.165, 1.54) is 0 Å². The van der Waals surface area contributed by atoms with Crippen LogP contribution in [0.2, 0.25) is 0 Å². The minimum absolute atomic E-state index is 0.155. The molecule has 0 saturated carbocycles. The third kappa shape index (κ3) is 7.23. The van der Waals surface area contributed by atoms with Crippen LogP contribution < -0.4 is 0 Å². The molecular weight excluding hydrogens is 136 g/mol. The predicted molar refractivity (Wildman–Crippen MR) is 33.1 cm³/mol. The van der Waals surface area contributed by atoms with Crippen molar-refractivity contribution in [1.29, 1.82) is 0 Å². The lowest BCUT2D eigenvalue weighted by Crippen LogP contribution is -2.03. The fourth-order valence-corrected chi connectivity index (χ4v) is 0.461. The van der Waals surface area contributed by atoms with Crippen molar-refractivity contribution in [3.63, 3.8) is 0 Å². The van der Waals surface area contributed by atoms with Crippen molar-refractivity contribution < 1.29 is 19.4 Å². The van der Waals surface area contributed by atoms with E-state index < -0.39 is 6.16 Å². The van der Waals surface area contributed by atoms with Crippen LogP contribution in [0, 0.1) is 0 Å². The van der Waals surface area contributed by atoms with E-state index >= 15 is 0 Å². The van der Waals surface area contributed by atoms with Crippen molar-refractivity contribution in [2.45, 2.75) is 13.3 Å². The van der Waals surface area contributed by atoms with Gasteiger partial charge in [-0.2, -0.15) is 9.90 Å². The molecule has 0 aliphatic heterocycles. The molecule has 0 aromatic heterocycles. The van der Waals surface area contributed by atoms with Gasteiger partial charge < -0.3 is 9.47 Å². The highest BCUT2D eigenvalue weighted by atomic mass is 16.7. The van der Waals surface area contributed by atoms with Gasteiger partial charge in [0, 0.05) is 19.6 Å². The number of ether oxygens (including phenoxy) is 2. The van der Waals surface area contributed by atoms with Crippen LogP contribution in [-0.4, -0.2) is 26.0 Å². The molecule has 0 aromatic carbocycles.